The zero-order chi connectivity index (χ0) is 37.4. The second kappa shape index (κ2) is 14.2. The van der Waals surface area contributed by atoms with E-state index in [1.807, 2.05) is 4.90 Å². The van der Waals surface area contributed by atoms with Crippen LogP contribution in [0.4, 0.5) is 25.9 Å². The van der Waals surface area contributed by atoms with E-state index in [9.17, 15) is 19.2 Å². The molecule has 15 nitrogen and oxygen atoms in total. The topological polar surface area (TPSA) is 167 Å². The molecule has 1 saturated heterocycles. The number of aromatic nitrogens is 4. The molecule has 0 spiro atoms. The Kier molecular flexibility index (Phi) is 11.0. The smallest absolute Gasteiger partial charge is 0.425 e. The first-order valence-corrected chi connectivity index (χ1v) is 16.9. The number of carbonyl (C=O) groups is 4. The van der Waals surface area contributed by atoms with Gasteiger partial charge >= 0.3 is 24.2 Å². The van der Waals surface area contributed by atoms with Crippen LogP contribution >= 0.6 is 27.5 Å². The third-order valence-electron chi connectivity index (χ3n) is 7.14. The molecule has 1 atom stereocenters. The Labute approximate surface area is 304 Å². The number of imide groups is 1. The van der Waals surface area contributed by atoms with Crippen LogP contribution in [0.1, 0.15) is 74.3 Å². The van der Waals surface area contributed by atoms with Gasteiger partial charge in [0.1, 0.15) is 23.1 Å². The summed E-state index contributed by atoms with van der Waals surface area (Å²) >= 11 is 10.2. The maximum absolute atomic E-state index is 13.4. The Morgan fingerprint density at radius 1 is 0.940 bits per heavy atom. The number of benzene rings is 1. The quantitative estimate of drug-likeness (QED) is 0.210. The number of anilines is 2. The number of halogens is 2. The molecule has 0 bridgehead atoms. The molecule has 1 fully saturated rings. The van der Waals surface area contributed by atoms with Gasteiger partial charge in [0, 0.05) is 33.7 Å². The third-order valence-corrected chi connectivity index (χ3v) is 8.06. The fourth-order valence-electron chi connectivity index (χ4n) is 5.24. The van der Waals surface area contributed by atoms with E-state index in [1.54, 1.807) is 79.0 Å². The number of nitrogens with one attached hydrogen (secondary N) is 1. The number of esters is 1. The van der Waals surface area contributed by atoms with E-state index >= 15 is 0 Å². The molecule has 3 aromatic rings. The van der Waals surface area contributed by atoms with Crippen LogP contribution in [0.25, 0.3) is 11.2 Å². The predicted octanol–water partition coefficient (Wildman–Crippen LogP) is 6.61. The Balaban J connectivity index is 1.74. The van der Waals surface area contributed by atoms with Crippen LogP contribution in [-0.2, 0) is 30.3 Å². The van der Waals surface area contributed by atoms with E-state index in [0.717, 1.165) is 5.56 Å². The average Bonchev–Trinajstić information content (AvgIpc) is 3.56. The van der Waals surface area contributed by atoms with Crippen LogP contribution in [0, 0.1) is 0 Å². The highest BCUT2D eigenvalue weighted by Gasteiger charge is 2.48. The lowest BCUT2D eigenvalue weighted by Crippen LogP contribution is -2.57. The summed E-state index contributed by atoms with van der Waals surface area (Å²) in [6, 6.07) is 3.49. The highest BCUT2D eigenvalue weighted by atomic mass is 79.9. The Morgan fingerprint density at radius 2 is 1.54 bits per heavy atom. The minimum atomic E-state index is -1.39. The number of fused-ring (bicyclic) bond motifs is 1. The van der Waals surface area contributed by atoms with Gasteiger partial charge in [-0.3, -0.25) is 0 Å². The standard InChI is InChI=1S/C33H43BrClN7O8/c1-30(2,3)48-27(44)39-33(26(43)47-10)11-12-40(16-33)22-14-19(35)13-21(34)20(22)15-41-18-38-23-24(41)36-17-37-25(23)42(28(45)49-31(4,5)6)29(46)50-32(7,8)9/h13-14,17-18H,11-12,15-16H2,1-10H3,(H,39,44)/t33-/m1/s1. The third kappa shape index (κ3) is 9.13. The van der Waals surface area contributed by atoms with Crippen molar-refractivity contribution in [2.45, 2.75) is 97.6 Å². The van der Waals surface area contributed by atoms with Gasteiger partial charge < -0.3 is 33.7 Å². The van der Waals surface area contributed by atoms with Crippen LogP contribution in [0.5, 0.6) is 0 Å². The molecule has 1 aliphatic rings. The molecule has 50 heavy (non-hydrogen) atoms. The summed E-state index contributed by atoms with van der Waals surface area (Å²) in [5, 5.41) is 3.17. The van der Waals surface area contributed by atoms with Gasteiger partial charge in [-0.15, -0.1) is 0 Å². The number of imidazole rings is 1. The molecular formula is C33H43BrClN7O8. The zero-order valence-corrected chi connectivity index (χ0v) is 32.2. The molecule has 0 aliphatic carbocycles. The zero-order valence-electron chi connectivity index (χ0n) is 29.8. The Hall–Kier alpha value is -4.18. The molecule has 272 valence electrons. The fraction of sp³-hybridized carbons (Fsp3) is 0.545. The lowest BCUT2D eigenvalue weighted by molar-refractivity contribution is -0.147. The maximum Gasteiger partial charge on any atom is 0.425 e. The number of hydrogen-bond donors (Lipinski definition) is 1. The molecule has 1 aliphatic heterocycles. The van der Waals surface area contributed by atoms with Crippen molar-refractivity contribution in [2.75, 3.05) is 30.0 Å². The van der Waals surface area contributed by atoms with Crippen molar-refractivity contribution < 1.29 is 38.1 Å². The van der Waals surface area contributed by atoms with E-state index in [1.165, 1.54) is 19.8 Å². The van der Waals surface area contributed by atoms with Crippen molar-refractivity contribution in [1.29, 1.82) is 0 Å². The predicted molar refractivity (Wildman–Crippen MR) is 189 cm³/mol. The number of carbonyl (C=O) groups excluding carboxylic acids is 4. The molecule has 4 rings (SSSR count). The molecule has 0 unspecified atom stereocenters. The molecule has 3 amide bonds. The van der Waals surface area contributed by atoms with Crippen LogP contribution in [0.3, 0.4) is 0 Å². The number of amides is 3. The minimum Gasteiger partial charge on any atom is -0.467 e. The Bertz CT molecular complexity index is 1770. The molecule has 0 saturated carbocycles. The summed E-state index contributed by atoms with van der Waals surface area (Å²) in [6.45, 7) is 15.8. The second-order valence-electron chi connectivity index (χ2n) is 14.8. The Morgan fingerprint density at radius 3 is 2.10 bits per heavy atom. The first kappa shape index (κ1) is 38.6. The minimum absolute atomic E-state index is 0.0659. The highest BCUT2D eigenvalue weighted by Crippen LogP contribution is 2.38. The van der Waals surface area contributed by atoms with Gasteiger partial charge in [-0.2, -0.15) is 4.90 Å². The van der Waals surface area contributed by atoms with E-state index < -0.39 is 46.6 Å². The molecule has 1 N–H and O–H groups in total. The number of hydrogen-bond acceptors (Lipinski definition) is 12. The van der Waals surface area contributed by atoms with Gasteiger partial charge in [0.15, 0.2) is 22.5 Å². The average molecular weight is 781 g/mol. The van der Waals surface area contributed by atoms with Crippen molar-refractivity contribution >= 4 is 74.4 Å². The van der Waals surface area contributed by atoms with Gasteiger partial charge in [0.2, 0.25) is 0 Å². The van der Waals surface area contributed by atoms with Crippen molar-refractivity contribution in [2.24, 2.45) is 0 Å². The number of methoxy groups -OCH3 is 1. The number of nitrogens with zero attached hydrogens (tertiary/aromatic N) is 6. The van der Waals surface area contributed by atoms with Crippen molar-refractivity contribution in [3.05, 3.63) is 39.8 Å². The summed E-state index contributed by atoms with van der Waals surface area (Å²) < 4.78 is 24.0. The first-order valence-electron chi connectivity index (χ1n) is 15.8. The fourth-order valence-corrected chi connectivity index (χ4v) is 6.16. The van der Waals surface area contributed by atoms with E-state index in [-0.39, 0.29) is 30.8 Å². The van der Waals surface area contributed by atoms with Gasteiger partial charge in [-0.1, -0.05) is 27.5 Å². The highest BCUT2D eigenvalue weighted by molar-refractivity contribution is 9.10. The largest absolute Gasteiger partial charge is 0.467 e. The second-order valence-corrected chi connectivity index (χ2v) is 16.1. The number of ether oxygens (including phenoxy) is 4. The van der Waals surface area contributed by atoms with E-state index in [2.05, 4.69) is 36.2 Å². The lowest BCUT2D eigenvalue weighted by Gasteiger charge is -2.30. The van der Waals surface area contributed by atoms with Crippen molar-refractivity contribution in [1.82, 2.24) is 24.8 Å². The summed E-state index contributed by atoms with van der Waals surface area (Å²) in [4.78, 5) is 68.5. The van der Waals surface area contributed by atoms with Crippen LogP contribution in [0.15, 0.2) is 29.3 Å². The summed E-state index contributed by atoms with van der Waals surface area (Å²) in [5.41, 5.74) is -2.17. The SMILES string of the molecule is COC(=O)[C@@]1(NC(=O)OC(C)(C)C)CCN(c2cc(Cl)cc(Br)c2Cn2cnc3c(N(C(=O)OC(C)(C)C)C(=O)OC(C)(C)C)ncnc32)C1. The maximum atomic E-state index is 13.4. The first-order chi connectivity index (χ1) is 23.0. The van der Waals surface area contributed by atoms with Crippen LogP contribution in [-0.4, -0.2) is 86.3 Å². The molecular weight excluding hydrogens is 738 g/mol. The van der Waals surface area contributed by atoms with Crippen LogP contribution in [0.2, 0.25) is 5.02 Å². The van der Waals surface area contributed by atoms with Crippen molar-refractivity contribution in [3.63, 3.8) is 0 Å². The monoisotopic (exact) mass is 779 g/mol. The number of rotatable bonds is 6. The van der Waals surface area contributed by atoms with Gasteiger partial charge in [0.05, 0.1) is 26.5 Å². The molecule has 17 heteroatoms. The van der Waals surface area contributed by atoms with E-state index in [0.29, 0.717) is 32.3 Å². The van der Waals surface area contributed by atoms with E-state index in [4.69, 9.17) is 30.5 Å². The molecule has 0 radical (unpaired) electrons. The molecule has 2 aromatic heterocycles. The molecule has 3 heterocycles. The molecule has 1 aromatic carbocycles. The normalized spacial score (nSPS) is 16.6. The van der Waals surface area contributed by atoms with Gasteiger partial charge in [0.25, 0.3) is 0 Å². The summed E-state index contributed by atoms with van der Waals surface area (Å²) in [6.07, 6.45) is 0.216. The lowest BCUT2D eigenvalue weighted by atomic mass is 9.99. The summed E-state index contributed by atoms with van der Waals surface area (Å²) in [5.74, 6) is -0.735. The number of alkyl carbamates (subject to hydrolysis) is 1. The van der Waals surface area contributed by atoms with Crippen molar-refractivity contribution in [3.8, 4) is 0 Å². The summed E-state index contributed by atoms with van der Waals surface area (Å²) in [7, 11) is 1.26. The van der Waals surface area contributed by atoms with Gasteiger partial charge in [-0.05, 0) is 74.4 Å². The van der Waals surface area contributed by atoms with Gasteiger partial charge in [-0.25, -0.2) is 34.1 Å². The van der Waals surface area contributed by atoms with Crippen LogP contribution < -0.4 is 15.1 Å².